The maximum absolute atomic E-state index is 11.8. The third-order valence-electron chi connectivity index (χ3n) is 2.65. The Bertz CT molecular complexity index is 533. The summed E-state index contributed by atoms with van der Waals surface area (Å²) in [6.07, 6.45) is 5.03. The van der Waals surface area contributed by atoms with Crippen LogP contribution in [0.4, 0.5) is 0 Å². The molecule has 1 amide bonds. The summed E-state index contributed by atoms with van der Waals surface area (Å²) in [5, 5.41) is 9.41. The number of carbonyl (C=O) groups is 1. The number of rotatable bonds is 3. The van der Waals surface area contributed by atoms with Gasteiger partial charge < -0.3 is 5.32 Å². The van der Waals surface area contributed by atoms with E-state index in [9.17, 15) is 4.79 Å². The van der Waals surface area contributed by atoms with E-state index >= 15 is 0 Å². The number of aromatic nitrogens is 3. The molecule has 88 valence electrons. The Labute approximate surface area is 99.3 Å². The molecule has 5 nitrogen and oxygen atoms in total. The van der Waals surface area contributed by atoms with Gasteiger partial charge in [-0.05, 0) is 31.0 Å². The number of carbonyl (C=O) groups excluding carboxylic acids is 1. The summed E-state index contributed by atoms with van der Waals surface area (Å²) in [7, 11) is 0. The van der Waals surface area contributed by atoms with Crippen LogP contribution >= 0.6 is 0 Å². The predicted molar refractivity (Wildman–Crippen MR) is 63.5 cm³/mol. The Kier molecular flexibility index (Phi) is 3.18. The van der Waals surface area contributed by atoms with E-state index in [1.54, 1.807) is 12.4 Å². The smallest absolute Gasteiger partial charge is 0.255 e. The zero-order valence-corrected chi connectivity index (χ0v) is 9.82. The summed E-state index contributed by atoms with van der Waals surface area (Å²) in [6, 6.07) is 1.90. The molecule has 2 N–H and O–H groups in total. The van der Waals surface area contributed by atoms with Gasteiger partial charge in [-0.25, -0.2) is 0 Å². The summed E-state index contributed by atoms with van der Waals surface area (Å²) in [6.45, 7) is 4.29. The van der Waals surface area contributed by atoms with E-state index in [1.807, 2.05) is 19.9 Å². The van der Waals surface area contributed by atoms with Crippen molar-refractivity contribution in [2.75, 3.05) is 0 Å². The maximum Gasteiger partial charge on any atom is 0.255 e. The summed E-state index contributed by atoms with van der Waals surface area (Å²) in [5.41, 5.74) is 3.48. The molecule has 0 unspecified atom stereocenters. The predicted octanol–water partition coefficient (Wildman–Crippen LogP) is 1.35. The van der Waals surface area contributed by atoms with Crippen molar-refractivity contribution in [3.05, 3.63) is 47.0 Å². The van der Waals surface area contributed by atoms with Gasteiger partial charge in [0.1, 0.15) is 0 Å². The zero-order chi connectivity index (χ0) is 12.3. The summed E-state index contributed by atoms with van der Waals surface area (Å²) >= 11 is 0. The molecule has 0 aliphatic rings. The molecule has 0 aliphatic carbocycles. The first-order valence-corrected chi connectivity index (χ1v) is 5.36. The van der Waals surface area contributed by atoms with E-state index in [0.29, 0.717) is 12.1 Å². The first kappa shape index (κ1) is 11.3. The quantitative estimate of drug-likeness (QED) is 0.836. The molecular formula is C12H14N4O. The van der Waals surface area contributed by atoms with Crippen LogP contribution < -0.4 is 5.32 Å². The highest BCUT2D eigenvalue weighted by atomic mass is 16.1. The topological polar surface area (TPSA) is 70.7 Å². The second-order valence-corrected chi connectivity index (χ2v) is 3.89. The van der Waals surface area contributed by atoms with Crippen molar-refractivity contribution in [3.8, 4) is 0 Å². The minimum Gasteiger partial charge on any atom is -0.348 e. The minimum absolute atomic E-state index is 0.118. The molecule has 0 aromatic carbocycles. The maximum atomic E-state index is 11.8. The molecule has 0 radical (unpaired) electrons. The Morgan fingerprint density at radius 1 is 1.41 bits per heavy atom. The molecule has 0 saturated carbocycles. The highest BCUT2D eigenvalue weighted by molar-refractivity contribution is 5.94. The average Bonchev–Trinajstić information content (AvgIpc) is 2.74. The van der Waals surface area contributed by atoms with Crippen molar-refractivity contribution in [2.45, 2.75) is 20.4 Å². The molecule has 2 heterocycles. The van der Waals surface area contributed by atoms with Gasteiger partial charge in [0.2, 0.25) is 0 Å². The van der Waals surface area contributed by atoms with Crippen molar-refractivity contribution < 1.29 is 4.79 Å². The van der Waals surface area contributed by atoms with Crippen LogP contribution in [0, 0.1) is 13.8 Å². The van der Waals surface area contributed by atoms with Gasteiger partial charge in [0.25, 0.3) is 5.91 Å². The second kappa shape index (κ2) is 4.78. The minimum atomic E-state index is -0.118. The normalized spacial score (nSPS) is 10.2. The lowest BCUT2D eigenvalue weighted by Gasteiger charge is -2.06. The van der Waals surface area contributed by atoms with Crippen LogP contribution in [0.25, 0.3) is 0 Å². The number of hydrogen-bond acceptors (Lipinski definition) is 3. The summed E-state index contributed by atoms with van der Waals surface area (Å²) in [4.78, 5) is 15.8. The summed E-state index contributed by atoms with van der Waals surface area (Å²) < 4.78 is 0. The van der Waals surface area contributed by atoms with Crippen LogP contribution in [0.3, 0.4) is 0 Å². The number of H-pyrrole nitrogens is 1. The average molecular weight is 230 g/mol. The Balaban J connectivity index is 2.02. The largest absolute Gasteiger partial charge is 0.348 e. The van der Waals surface area contributed by atoms with Gasteiger partial charge in [-0.2, -0.15) is 5.10 Å². The third kappa shape index (κ3) is 2.50. The molecule has 2 rings (SSSR count). The first-order valence-electron chi connectivity index (χ1n) is 5.36. The number of hydrogen-bond donors (Lipinski definition) is 2. The number of aryl methyl sites for hydroxylation is 2. The number of pyridine rings is 1. The molecule has 0 aliphatic heterocycles. The lowest BCUT2D eigenvalue weighted by molar-refractivity contribution is 0.0950. The van der Waals surface area contributed by atoms with E-state index in [-0.39, 0.29) is 5.91 Å². The fourth-order valence-electron chi connectivity index (χ4n) is 1.55. The lowest BCUT2D eigenvalue weighted by atomic mass is 10.1. The van der Waals surface area contributed by atoms with Crippen molar-refractivity contribution in [3.63, 3.8) is 0 Å². The van der Waals surface area contributed by atoms with E-state index < -0.39 is 0 Å². The van der Waals surface area contributed by atoms with Crippen LogP contribution in [0.15, 0.2) is 24.7 Å². The van der Waals surface area contributed by atoms with Crippen LogP contribution in [-0.4, -0.2) is 21.1 Å². The van der Waals surface area contributed by atoms with E-state index in [0.717, 1.165) is 16.8 Å². The van der Waals surface area contributed by atoms with Gasteiger partial charge >= 0.3 is 0 Å². The molecule has 0 fully saturated rings. The van der Waals surface area contributed by atoms with Gasteiger partial charge in [-0.15, -0.1) is 0 Å². The van der Waals surface area contributed by atoms with Crippen LogP contribution in [0.5, 0.6) is 0 Å². The fraction of sp³-hybridized carbons (Fsp3) is 0.250. The first-order chi connectivity index (χ1) is 8.18. The zero-order valence-electron chi connectivity index (χ0n) is 9.82. The molecule has 0 saturated heterocycles. The van der Waals surface area contributed by atoms with Crippen LogP contribution in [0.2, 0.25) is 0 Å². The fourth-order valence-corrected chi connectivity index (χ4v) is 1.55. The standard InChI is InChI=1S/C12H14N4O/c1-8-5-13-4-3-10(8)6-14-12(17)11-7-15-16-9(11)2/h3-5,7H,6H2,1-2H3,(H,14,17)(H,15,16). The van der Waals surface area contributed by atoms with Gasteiger partial charge in [0.05, 0.1) is 11.8 Å². The molecular weight excluding hydrogens is 216 g/mol. The third-order valence-corrected chi connectivity index (χ3v) is 2.65. The van der Waals surface area contributed by atoms with Gasteiger partial charge in [-0.1, -0.05) is 0 Å². The Hall–Kier alpha value is -2.17. The monoisotopic (exact) mass is 230 g/mol. The molecule has 2 aromatic heterocycles. The SMILES string of the molecule is Cc1cnccc1CNC(=O)c1cn[nH]c1C. The van der Waals surface area contributed by atoms with Crippen molar-refractivity contribution in [1.29, 1.82) is 0 Å². The Morgan fingerprint density at radius 2 is 2.24 bits per heavy atom. The molecule has 17 heavy (non-hydrogen) atoms. The van der Waals surface area contributed by atoms with Crippen LogP contribution in [0.1, 0.15) is 27.2 Å². The van der Waals surface area contributed by atoms with Crippen molar-refractivity contribution in [1.82, 2.24) is 20.5 Å². The molecule has 0 bridgehead atoms. The van der Waals surface area contributed by atoms with Crippen molar-refractivity contribution >= 4 is 5.91 Å². The molecule has 0 spiro atoms. The number of nitrogens with zero attached hydrogens (tertiary/aromatic N) is 2. The number of amides is 1. The summed E-state index contributed by atoms with van der Waals surface area (Å²) in [5.74, 6) is -0.118. The van der Waals surface area contributed by atoms with E-state index in [1.165, 1.54) is 6.20 Å². The van der Waals surface area contributed by atoms with E-state index in [2.05, 4.69) is 20.5 Å². The molecule has 0 atom stereocenters. The van der Waals surface area contributed by atoms with Gasteiger partial charge in [0.15, 0.2) is 0 Å². The number of nitrogens with one attached hydrogen (secondary N) is 2. The second-order valence-electron chi connectivity index (χ2n) is 3.89. The van der Waals surface area contributed by atoms with Crippen LogP contribution in [-0.2, 0) is 6.54 Å². The number of aromatic amines is 1. The highest BCUT2D eigenvalue weighted by Crippen LogP contribution is 2.06. The van der Waals surface area contributed by atoms with Gasteiger partial charge in [-0.3, -0.25) is 14.9 Å². The van der Waals surface area contributed by atoms with E-state index in [4.69, 9.17) is 0 Å². The Morgan fingerprint density at radius 3 is 2.88 bits per heavy atom. The molecule has 5 heteroatoms. The molecule has 2 aromatic rings. The highest BCUT2D eigenvalue weighted by Gasteiger charge is 2.10. The van der Waals surface area contributed by atoms with Crippen molar-refractivity contribution in [2.24, 2.45) is 0 Å². The lowest BCUT2D eigenvalue weighted by Crippen LogP contribution is -2.23. The van der Waals surface area contributed by atoms with Gasteiger partial charge in [0, 0.05) is 24.6 Å².